The molecular formula is C20H27BrN2OS. The standard InChI is InChI=1S/C20H26N2OS.BrH/c1-20(2,3)16-10-8-15(9-11-16)14-17-18(23)21-19(24-17)22-12-6-4-5-7-13-22;/h8-11,14H,4-7,12-13H2,1-3H3;1H. The molecule has 25 heavy (non-hydrogen) atoms. The average Bonchev–Trinajstić information content (AvgIpc) is 2.76. The van der Waals surface area contributed by atoms with Crippen LogP contribution in [0, 0.1) is 0 Å². The first-order valence-electron chi connectivity index (χ1n) is 8.81. The van der Waals surface area contributed by atoms with E-state index in [4.69, 9.17) is 0 Å². The Bertz CT molecular complexity index is 666. The normalized spacial score (nSPS) is 20.3. The highest BCUT2D eigenvalue weighted by molar-refractivity contribution is 8.93. The summed E-state index contributed by atoms with van der Waals surface area (Å²) in [6.45, 7) is 8.66. The summed E-state index contributed by atoms with van der Waals surface area (Å²) < 4.78 is 0. The number of likely N-dealkylation sites (tertiary alicyclic amines) is 1. The van der Waals surface area contributed by atoms with Crippen molar-refractivity contribution >= 4 is 45.9 Å². The largest absolute Gasteiger partial charge is 0.351 e. The molecular weight excluding hydrogens is 396 g/mol. The molecule has 0 spiro atoms. The van der Waals surface area contributed by atoms with Crippen LogP contribution in [-0.4, -0.2) is 29.1 Å². The first-order chi connectivity index (χ1) is 11.4. The summed E-state index contributed by atoms with van der Waals surface area (Å²) in [6, 6.07) is 8.47. The number of amidine groups is 1. The number of halogens is 1. The third kappa shape index (κ3) is 5.20. The molecule has 0 unspecified atom stereocenters. The van der Waals surface area contributed by atoms with E-state index < -0.39 is 0 Å². The highest BCUT2D eigenvalue weighted by Gasteiger charge is 2.26. The van der Waals surface area contributed by atoms with E-state index in [0.717, 1.165) is 28.7 Å². The van der Waals surface area contributed by atoms with E-state index >= 15 is 0 Å². The van der Waals surface area contributed by atoms with Gasteiger partial charge in [-0.15, -0.1) is 17.0 Å². The second kappa shape index (κ2) is 8.54. The summed E-state index contributed by atoms with van der Waals surface area (Å²) >= 11 is 1.53. The van der Waals surface area contributed by atoms with Crippen molar-refractivity contribution in [3.8, 4) is 0 Å². The maximum absolute atomic E-state index is 12.2. The summed E-state index contributed by atoms with van der Waals surface area (Å²) in [4.78, 5) is 19.5. The SMILES string of the molecule is Br.CC(C)(C)c1ccc(C=C2SC(N3CCCCCC3)=NC2=O)cc1. The number of benzene rings is 1. The van der Waals surface area contributed by atoms with Crippen LogP contribution in [0.1, 0.15) is 57.6 Å². The molecule has 2 aliphatic heterocycles. The predicted molar refractivity (Wildman–Crippen MR) is 114 cm³/mol. The van der Waals surface area contributed by atoms with Gasteiger partial charge in [-0.1, -0.05) is 57.9 Å². The molecule has 1 aromatic rings. The van der Waals surface area contributed by atoms with Gasteiger partial charge >= 0.3 is 0 Å². The number of hydrogen-bond donors (Lipinski definition) is 0. The number of carbonyl (C=O) groups excluding carboxylic acids is 1. The summed E-state index contributed by atoms with van der Waals surface area (Å²) in [5, 5.41) is 0.888. The summed E-state index contributed by atoms with van der Waals surface area (Å²) in [7, 11) is 0. The van der Waals surface area contributed by atoms with E-state index in [0.29, 0.717) is 0 Å². The van der Waals surface area contributed by atoms with Crippen molar-refractivity contribution in [3.63, 3.8) is 0 Å². The summed E-state index contributed by atoms with van der Waals surface area (Å²) in [6.07, 6.45) is 6.92. The Morgan fingerprint density at radius 2 is 1.64 bits per heavy atom. The third-order valence-electron chi connectivity index (χ3n) is 4.56. The average molecular weight is 423 g/mol. The number of rotatable bonds is 1. The topological polar surface area (TPSA) is 32.7 Å². The van der Waals surface area contributed by atoms with Gasteiger partial charge in [0.05, 0.1) is 4.91 Å². The zero-order chi connectivity index (χ0) is 17.2. The lowest BCUT2D eigenvalue weighted by Gasteiger charge is -2.20. The van der Waals surface area contributed by atoms with Crippen LogP contribution in [0.3, 0.4) is 0 Å². The van der Waals surface area contributed by atoms with E-state index in [1.54, 1.807) is 0 Å². The van der Waals surface area contributed by atoms with Gasteiger partial charge in [0, 0.05) is 13.1 Å². The van der Waals surface area contributed by atoms with Crippen molar-refractivity contribution in [2.75, 3.05) is 13.1 Å². The fraction of sp³-hybridized carbons (Fsp3) is 0.500. The summed E-state index contributed by atoms with van der Waals surface area (Å²) in [5.41, 5.74) is 2.51. The van der Waals surface area contributed by atoms with Gasteiger partial charge in [0.1, 0.15) is 0 Å². The molecule has 0 saturated carbocycles. The fourth-order valence-corrected chi connectivity index (χ4v) is 3.99. The third-order valence-corrected chi connectivity index (χ3v) is 5.60. The minimum Gasteiger partial charge on any atom is -0.351 e. The number of carbonyl (C=O) groups is 1. The Kier molecular flexibility index (Phi) is 6.92. The van der Waals surface area contributed by atoms with E-state index in [-0.39, 0.29) is 28.3 Å². The van der Waals surface area contributed by atoms with Crippen LogP contribution in [-0.2, 0) is 10.2 Å². The molecule has 0 bridgehead atoms. The maximum atomic E-state index is 12.2. The lowest BCUT2D eigenvalue weighted by Crippen LogP contribution is -2.28. The van der Waals surface area contributed by atoms with Crippen LogP contribution in [0.15, 0.2) is 34.2 Å². The molecule has 136 valence electrons. The van der Waals surface area contributed by atoms with E-state index in [9.17, 15) is 4.79 Å². The molecule has 0 atom stereocenters. The number of amides is 1. The van der Waals surface area contributed by atoms with Gasteiger partial charge in [0.2, 0.25) is 0 Å². The van der Waals surface area contributed by atoms with Gasteiger partial charge in [-0.05, 0) is 47.2 Å². The Labute approximate surface area is 165 Å². The molecule has 5 heteroatoms. The first kappa shape index (κ1) is 20.2. The zero-order valence-electron chi connectivity index (χ0n) is 15.2. The molecule has 2 heterocycles. The Balaban J connectivity index is 0.00000225. The Hall–Kier alpha value is -1.07. The van der Waals surface area contributed by atoms with Crippen molar-refractivity contribution in [1.82, 2.24) is 4.90 Å². The van der Waals surface area contributed by atoms with Crippen molar-refractivity contribution in [1.29, 1.82) is 0 Å². The molecule has 1 amide bonds. The maximum Gasteiger partial charge on any atom is 0.286 e. The fourth-order valence-electron chi connectivity index (χ4n) is 3.03. The number of nitrogens with zero attached hydrogens (tertiary/aromatic N) is 2. The Morgan fingerprint density at radius 1 is 1.04 bits per heavy atom. The smallest absolute Gasteiger partial charge is 0.286 e. The molecule has 3 nitrogen and oxygen atoms in total. The van der Waals surface area contributed by atoms with Crippen molar-refractivity contribution in [2.45, 2.75) is 51.9 Å². The van der Waals surface area contributed by atoms with E-state index in [1.807, 2.05) is 6.08 Å². The molecule has 3 rings (SSSR count). The van der Waals surface area contributed by atoms with Crippen molar-refractivity contribution < 1.29 is 4.79 Å². The second-order valence-corrected chi connectivity index (χ2v) is 8.59. The predicted octanol–water partition coefficient (Wildman–Crippen LogP) is 5.41. The zero-order valence-corrected chi connectivity index (χ0v) is 17.8. The van der Waals surface area contributed by atoms with Crippen LogP contribution < -0.4 is 0 Å². The molecule has 1 saturated heterocycles. The number of aliphatic imine (C=N–C) groups is 1. The van der Waals surface area contributed by atoms with Crippen LogP contribution >= 0.6 is 28.7 Å². The van der Waals surface area contributed by atoms with Gasteiger partial charge < -0.3 is 4.90 Å². The lowest BCUT2D eigenvalue weighted by molar-refractivity contribution is -0.113. The van der Waals surface area contributed by atoms with Crippen LogP contribution in [0.5, 0.6) is 0 Å². The van der Waals surface area contributed by atoms with Gasteiger partial charge in [-0.2, -0.15) is 4.99 Å². The van der Waals surface area contributed by atoms with Crippen LogP contribution in [0.4, 0.5) is 0 Å². The van der Waals surface area contributed by atoms with Crippen LogP contribution in [0.25, 0.3) is 6.08 Å². The molecule has 0 N–H and O–H groups in total. The van der Waals surface area contributed by atoms with Gasteiger partial charge in [0.25, 0.3) is 5.91 Å². The lowest BCUT2D eigenvalue weighted by atomic mass is 9.87. The molecule has 0 aromatic heterocycles. The van der Waals surface area contributed by atoms with Crippen molar-refractivity contribution in [3.05, 3.63) is 40.3 Å². The summed E-state index contributed by atoms with van der Waals surface area (Å²) in [5.74, 6) is -0.0980. The minimum atomic E-state index is -0.0980. The second-order valence-electron chi connectivity index (χ2n) is 7.58. The van der Waals surface area contributed by atoms with Gasteiger partial charge in [-0.25, -0.2) is 0 Å². The highest BCUT2D eigenvalue weighted by atomic mass is 79.9. The number of hydrogen-bond acceptors (Lipinski definition) is 3. The van der Waals surface area contributed by atoms with Crippen molar-refractivity contribution in [2.24, 2.45) is 4.99 Å². The van der Waals surface area contributed by atoms with E-state index in [1.165, 1.54) is 43.0 Å². The van der Waals surface area contributed by atoms with Gasteiger partial charge in [-0.3, -0.25) is 4.79 Å². The number of thioether (sulfide) groups is 1. The molecule has 0 aliphatic carbocycles. The first-order valence-corrected chi connectivity index (χ1v) is 9.63. The molecule has 0 radical (unpaired) electrons. The molecule has 1 fully saturated rings. The van der Waals surface area contributed by atoms with Crippen LogP contribution in [0.2, 0.25) is 0 Å². The van der Waals surface area contributed by atoms with E-state index in [2.05, 4.69) is 54.9 Å². The molecule has 2 aliphatic rings. The Morgan fingerprint density at radius 3 is 2.20 bits per heavy atom. The quantitative estimate of drug-likeness (QED) is 0.567. The monoisotopic (exact) mass is 422 g/mol. The highest BCUT2D eigenvalue weighted by Crippen LogP contribution is 2.31. The van der Waals surface area contributed by atoms with Gasteiger partial charge in [0.15, 0.2) is 5.17 Å². The minimum absolute atomic E-state index is 0. The molecule has 1 aromatic carbocycles.